The fourth-order valence-electron chi connectivity index (χ4n) is 2.39. The third-order valence-corrected chi connectivity index (χ3v) is 3.48. The summed E-state index contributed by atoms with van der Waals surface area (Å²) in [6.45, 7) is 1.37. The fraction of sp³-hybridized carbons (Fsp3) is 0.462. The van der Waals surface area contributed by atoms with Gasteiger partial charge in [-0.3, -0.25) is 9.69 Å². The number of likely N-dealkylation sites (tertiary alicyclic amines) is 1. The molecule has 5 heteroatoms. The van der Waals surface area contributed by atoms with Crippen LogP contribution in [0.4, 0.5) is 4.39 Å². The summed E-state index contributed by atoms with van der Waals surface area (Å²) in [7, 11) is 0. The summed E-state index contributed by atoms with van der Waals surface area (Å²) in [5.41, 5.74) is 0.150. The molecule has 1 aliphatic heterocycles. The summed E-state index contributed by atoms with van der Waals surface area (Å²) >= 11 is 5.83. The van der Waals surface area contributed by atoms with E-state index in [4.69, 9.17) is 11.6 Å². The first-order chi connectivity index (χ1) is 8.59. The predicted molar refractivity (Wildman–Crippen MR) is 67.2 cm³/mol. The molecule has 2 rings (SSSR count). The fourth-order valence-corrected chi connectivity index (χ4v) is 2.57. The Morgan fingerprint density at radius 1 is 1.33 bits per heavy atom. The van der Waals surface area contributed by atoms with E-state index in [0.29, 0.717) is 18.1 Å². The molecule has 3 nitrogen and oxygen atoms in total. The van der Waals surface area contributed by atoms with Crippen LogP contribution in [0.2, 0.25) is 5.02 Å². The molecule has 1 saturated heterocycles. The molecule has 1 N–H and O–H groups in total. The maximum absolute atomic E-state index is 13.8. The van der Waals surface area contributed by atoms with Crippen molar-refractivity contribution in [2.75, 3.05) is 13.1 Å². The first-order valence-electron chi connectivity index (χ1n) is 6.01. The van der Waals surface area contributed by atoms with Gasteiger partial charge in [-0.1, -0.05) is 18.0 Å². The first-order valence-corrected chi connectivity index (χ1v) is 6.39. The molecule has 0 radical (unpaired) electrons. The lowest BCUT2D eigenvalue weighted by Gasteiger charge is -2.32. The summed E-state index contributed by atoms with van der Waals surface area (Å²) < 4.78 is 13.8. The van der Waals surface area contributed by atoms with Crippen molar-refractivity contribution in [3.8, 4) is 0 Å². The summed E-state index contributed by atoms with van der Waals surface area (Å²) in [4.78, 5) is 13.2. The first kappa shape index (κ1) is 13.3. The van der Waals surface area contributed by atoms with Crippen LogP contribution in [0.25, 0.3) is 0 Å². The normalized spacial score (nSPS) is 18.6. The molecule has 0 aliphatic carbocycles. The maximum atomic E-state index is 13.8. The number of piperidine rings is 1. The molecule has 1 unspecified atom stereocenters. The van der Waals surface area contributed by atoms with E-state index in [0.717, 1.165) is 19.3 Å². The quantitative estimate of drug-likeness (QED) is 0.918. The summed E-state index contributed by atoms with van der Waals surface area (Å²) in [5, 5.41) is 9.70. The molecule has 18 heavy (non-hydrogen) atoms. The van der Waals surface area contributed by atoms with Crippen LogP contribution in [0.15, 0.2) is 18.2 Å². The van der Waals surface area contributed by atoms with Crippen molar-refractivity contribution in [1.29, 1.82) is 0 Å². The standard InChI is InChI=1S/C13H15ClFNO2/c14-9-4-5-11(15)10(8-9)12(13(17)18)16-6-2-1-3-7-16/h4-5,8,12H,1-3,6-7H2,(H,17,18). The largest absolute Gasteiger partial charge is 0.480 e. The minimum absolute atomic E-state index is 0.150. The van der Waals surface area contributed by atoms with Crippen LogP contribution in [0, 0.1) is 5.82 Å². The Hall–Kier alpha value is -1.13. The number of nitrogens with zero attached hydrogens (tertiary/aromatic N) is 1. The molecule has 1 atom stereocenters. The highest BCUT2D eigenvalue weighted by molar-refractivity contribution is 6.30. The van der Waals surface area contributed by atoms with Crippen LogP contribution in [0.1, 0.15) is 30.9 Å². The Balaban J connectivity index is 2.34. The molecular weight excluding hydrogens is 257 g/mol. The topological polar surface area (TPSA) is 40.5 Å². The van der Waals surface area contributed by atoms with Gasteiger partial charge in [0.25, 0.3) is 0 Å². The number of rotatable bonds is 3. The van der Waals surface area contributed by atoms with Crippen LogP contribution >= 0.6 is 11.6 Å². The van der Waals surface area contributed by atoms with Crippen molar-refractivity contribution in [3.05, 3.63) is 34.6 Å². The average Bonchev–Trinajstić information content (AvgIpc) is 2.35. The van der Waals surface area contributed by atoms with Gasteiger partial charge in [-0.25, -0.2) is 4.39 Å². The lowest BCUT2D eigenvalue weighted by atomic mass is 10.0. The lowest BCUT2D eigenvalue weighted by molar-refractivity contribution is -0.144. The van der Waals surface area contributed by atoms with E-state index in [2.05, 4.69) is 0 Å². The van der Waals surface area contributed by atoms with E-state index in [9.17, 15) is 14.3 Å². The Labute approximate surface area is 110 Å². The second-order valence-electron chi connectivity index (χ2n) is 4.50. The third kappa shape index (κ3) is 2.82. The highest BCUT2D eigenvalue weighted by Gasteiger charge is 2.30. The van der Waals surface area contributed by atoms with Gasteiger partial charge in [-0.05, 0) is 44.1 Å². The minimum atomic E-state index is -1.03. The number of carboxylic acid groups (broad SMARTS) is 1. The van der Waals surface area contributed by atoms with Crippen molar-refractivity contribution in [2.24, 2.45) is 0 Å². The van der Waals surface area contributed by atoms with Gasteiger partial charge in [0.05, 0.1) is 0 Å². The number of benzene rings is 1. The monoisotopic (exact) mass is 271 g/mol. The molecule has 0 spiro atoms. The van der Waals surface area contributed by atoms with E-state index in [-0.39, 0.29) is 5.56 Å². The van der Waals surface area contributed by atoms with Crippen molar-refractivity contribution in [2.45, 2.75) is 25.3 Å². The van der Waals surface area contributed by atoms with Crippen LogP contribution < -0.4 is 0 Å². The van der Waals surface area contributed by atoms with Crippen LogP contribution in [0.5, 0.6) is 0 Å². The third-order valence-electron chi connectivity index (χ3n) is 3.24. The summed E-state index contributed by atoms with van der Waals surface area (Å²) in [5.74, 6) is -1.55. The SMILES string of the molecule is O=C(O)C(c1cc(Cl)ccc1F)N1CCCCC1. The van der Waals surface area contributed by atoms with Gasteiger partial charge < -0.3 is 5.11 Å². The molecule has 0 amide bonds. The van der Waals surface area contributed by atoms with E-state index in [1.165, 1.54) is 18.2 Å². The Kier molecular flexibility index (Phi) is 4.19. The Morgan fingerprint density at radius 3 is 2.61 bits per heavy atom. The predicted octanol–water partition coefficient (Wildman–Crippen LogP) is 3.09. The second kappa shape index (κ2) is 5.67. The summed E-state index contributed by atoms with van der Waals surface area (Å²) in [6.07, 6.45) is 3.00. The smallest absolute Gasteiger partial charge is 0.325 e. The van der Waals surface area contributed by atoms with Crippen molar-refractivity contribution in [3.63, 3.8) is 0 Å². The van der Waals surface area contributed by atoms with Gasteiger partial charge in [0.1, 0.15) is 11.9 Å². The van der Waals surface area contributed by atoms with Gasteiger partial charge in [-0.15, -0.1) is 0 Å². The van der Waals surface area contributed by atoms with Gasteiger partial charge in [0.15, 0.2) is 0 Å². The summed E-state index contributed by atoms with van der Waals surface area (Å²) in [6, 6.07) is 3.11. The maximum Gasteiger partial charge on any atom is 0.325 e. The highest BCUT2D eigenvalue weighted by atomic mass is 35.5. The number of hydrogen-bond acceptors (Lipinski definition) is 2. The molecular formula is C13H15ClFNO2. The Morgan fingerprint density at radius 2 is 2.00 bits per heavy atom. The molecule has 1 fully saturated rings. The number of hydrogen-bond donors (Lipinski definition) is 1. The van der Waals surface area contributed by atoms with Gasteiger partial charge >= 0.3 is 5.97 Å². The number of halogens is 2. The molecule has 0 saturated carbocycles. The molecule has 1 heterocycles. The van der Waals surface area contributed by atoms with Crippen molar-refractivity contribution in [1.82, 2.24) is 4.90 Å². The van der Waals surface area contributed by atoms with Crippen molar-refractivity contribution >= 4 is 17.6 Å². The van der Waals surface area contributed by atoms with Gasteiger partial charge in [0, 0.05) is 10.6 Å². The average molecular weight is 272 g/mol. The molecule has 0 bridgehead atoms. The lowest BCUT2D eigenvalue weighted by Crippen LogP contribution is -2.38. The second-order valence-corrected chi connectivity index (χ2v) is 4.94. The van der Waals surface area contributed by atoms with E-state index in [1.807, 2.05) is 0 Å². The molecule has 1 aromatic carbocycles. The number of carboxylic acids is 1. The van der Waals surface area contributed by atoms with E-state index in [1.54, 1.807) is 4.90 Å². The van der Waals surface area contributed by atoms with Gasteiger partial charge in [0.2, 0.25) is 0 Å². The van der Waals surface area contributed by atoms with Crippen LogP contribution in [-0.4, -0.2) is 29.1 Å². The van der Waals surface area contributed by atoms with Crippen molar-refractivity contribution < 1.29 is 14.3 Å². The van der Waals surface area contributed by atoms with Gasteiger partial charge in [-0.2, -0.15) is 0 Å². The molecule has 98 valence electrons. The zero-order valence-corrected chi connectivity index (χ0v) is 10.7. The zero-order valence-electron chi connectivity index (χ0n) is 9.90. The minimum Gasteiger partial charge on any atom is -0.480 e. The van der Waals surface area contributed by atoms with E-state index >= 15 is 0 Å². The Bertz CT molecular complexity index is 447. The van der Waals surface area contributed by atoms with Crippen LogP contribution in [0.3, 0.4) is 0 Å². The highest BCUT2D eigenvalue weighted by Crippen LogP contribution is 2.28. The number of carbonyl (C=O) groups is 1. The molecule has 1 aliphatic rings. The molecule has 1 aromatic rings. The number of aliphatic carboxylic acids is 1. The molecule has 0 aromatic heterocycles. The van der Waals surface area contributed by atoms with Crippen LogP contribution in [-0.2, 0) is 4.79 Å². The zero-order chi connectivity index (χ0) is 13.1. The van der Waals surface area contributed by atoms with E-state index < -0.39 is 17.8 Å².